The van der Waals surface area contributed by atoms with Gasteiger partial charge in [-0.3, -0.25) is 14.4 Å². The van der Waals surface area contributed by atoms with E-state index >= 15 is 0 Å². The van der Waals surface area contributed by atoms with Crippen LogP contribution in [0.4, 0.5) is 4.39 Å². The second-order valence-corrected chi connectivity index (χ2v) is 9.77. The molecular formula is C27H34FN6O2+. The zero-order valence-corrected chi connectivity index (χ0v) is 21.2. The van der Waals surface area contributed by atoms with Crippen molar-refractivity contribution in [2.24, 2.45) is 0 Å². The van der Waals surface area contributed by atoms with Crippen LogP contribution < -0.4 is 4.74 Å². The molecule has 2 aromatic heterocycles. The normalized spacial score (nSPS) is 15.1. The predicted molar refractivity (Wildman–Crippen MR) is 136 cm³/mol. The zero-order chi connectivity index (χ0) is 25.5. The molecule has 9 heteroatoms. The average molecular weight is 494 g/mol. The Bertz CT molecular complexity index is 1150. The number of ether oxygens (including phenoxy) is 1. The number of hydrogen-bond donors (Lipinski definition) is 0. The smallest absolute Gasteiger partial charge is 0.318 e. The summed E-state index contributed by atoms with van der Waals surface area (Å²) in [6.07, 6.45) is 5.19. The summed E-state index contributed by atoms with van der Waals surface area (Å²) in [4.78, 5) is 30.4. The molecule has 36 heavy (non-hydrogen) atoms. The van der Waals surface area contributed by atoms with Crippen LogP contribution in [0.15, 0.2) is 55.0 Å². The summed E-state index contributed by atoms with van der Waals surface area (Å²) in [6.45, 7) is 5.92. The predicted octanol–water partition coefficient (Wildman–Crippen LogP) is 2.65. The first kappa shape index (κ1) is 25.8. The zero-order valence-electron chi connectivity index (χ0n) is 21.2. The number of benzene rings is 1. The Morgan fingerprint density at radius 2 is 1.81 bits per heavy atom. The number of likely N-dealkylation sites (N-methyl/N-ethyl adjacent to an activating group) is 2. The number of hydrogen-bond acceptors (Lipinski definition) is 7. The second kappa shape index (κ2) is 11.6. The van der Waals surface area contributed by atoms with E-state index in [0.29, 0.717) is 36.0 Å². The lowest BCUT2D eigenvalue weighted by atomic mass is 10.1. The number of nitrogens with zero attached hydrogens (tertiary/aromatic N) is 6. The monoisotopic (exact) mass is 493 g/mol. The number of carbonyl (C=O) groups excluding carboxylic acids is 1. The molecule has 0 saturated carbocycles. The van der Waals surface area contributed by atoms with Crippen LogP contribution in [-0.4, -0.2) is 95.6 Å². The average Bonchev–Trinajstić information content (AvgIpc) is 2.86. The molecule has 8 nitrogen and oxygen atoms in total. The lowest BCUT2D eigenvalue weighted by molar-refractivity contribution is -0.828. The van der Waals surface area contributed by atoms with Crippen molar-refractivity contribution in [3.05, 3.63) is 72.2 Å². The molecule has 0 atom stereocenters. The first-order valence-electron chi connectivity index (χ1n) is 12.2. The van der Waals surface area contributed by atoms with Crippen molar-refractivity contribution in [1.29, 1.82) is 0 Å². The van der Waals surface area contributed by atoms with Crippen LogP contribution in [0, 0.1) is 5.82 Å². The molecule has 0 N–H and O–H groups in total. The Hall–Kier alpha value is -3.27. The Balaban J connectivity index is 1.31. The Labute approximate surface area is 212 Å². The van der Waals surface area contributed by atoms with E-state index in [-0.39, 0.29) is 22.6 Å². The molecule has 1 fully saturated rings. The van der Waals surface area contributed by atoms with Crippen LogP contribution in [0.5, 0.6) is 5.75 Å². The maximum absolute atomic E-state index is 14.8. The molecule has 0 spiro atoms. The van der Waals surface area contributed by atoms with E-state index < -0.39 is 0 Å². The molecule has 3 heterocycles. The molecule has 0 bridgehead atoms. The molecule has 3 aromatic rings. The van der Waals surface area contributed by atoms with Gasteiger partial charge in [-0.1, -0.05) is 6.07 Å². The van der Waals surface area contributed by atoms with Crippen LogP contribution in [0.2, 0.25) is 0 Å². The van der Waals surface area contributed by atoms with Gasteiger partial charge < -0.3 is 9.64 Å². The van der Waals surface area contributed by atoms with Gasteiger partial charge in [-0.2, -0.15) is 0 Å². The van der Waals surface area contributed by atoms with Crippen LogP contribution in [0.25, 0.3) is 11.3 Å². The quantitative estimate of drug-likeness (QED) is 0.425. The van der Waals surface area contributed by atoms with E-state index in [1.807, 2.05) is 20.2 Å². The van der Waals surface area contributed by atoms with E-state index in [0.717, 1.165) is 38.3 Å². The lowest BCUT2D eigenvalue weighted by Crippen LogP contribution is -2.46. The molecule has 1 aliphatic heterocycles. The molecule has 1 aliphatic rings. The number of pyridine rings is 1. The van der Waals surface area contributed by atoms with Gasteiger partial charge in [0.1, 0.15) is 24.7 Å². The van der Waals surface area contributed by atoms with E-state index in [9.17, 15) is 9.18 Å². The minimum atomic E-state index is -0.385. The highest BCUT2D eigenvalue weighted by atomic mass is 19.1. The highest BCUT2D eigenvalue weighted by Gasteiger charge is 2.28. The molecule has 0 unspecified atom stereocenters. The highest BCUT2D eigenvalue weighted by molar-refractivity contribution is 5.72. The van der Waals surface area contributed by atoms with E-state index in [2.05, 4.69) is 31.8 Å². The number of halogens is 1. The first-order chi connectivity index (χ1) is 17.3. The van der Waals surface area contributed by atoms with Crippen molar-refractivity contribution < 1.29 is 18.4 Å². The molecule has 4 rings (SSSR count). The van der Waals surface area contributed by atoms with Crippen LogP contribution in [-0.2, 0) is 17.8 Å². The Morgan fingerprint density at radius 3 is 2.47 bits per heavy atom. The molecule has 1 saturated heterocycles. The van der Waals surface area contributed by atoms with Gasteiger partial charge in [0.15, 0.2) is 5.82 Å². The third kappa shape index (κ3) is 6.90. The van der Waals surface area contributed by atoms with Gasteiger partial charge in [-0.15, -0.1) is 0 Å². The van der Waals surface area contributed by atoms with E-state index in [1.165, 1.54) is 6.07 Å². The van der Waals surface area contributed by atoms with Crippen LogP contribution in [0.1, 0.15) is 11.4 Å². The minimum Gasteiger partial charge on any atom is -0.492 e. The lowest BCUT2D eigenvalue weighted by Gasteiger charge is -2.32. The fraction of sp³-hybridized carbons (Fsp3) is 0.407. The Kier molecular flexibility index (Phi) is 8.35. The van der Waals surface area contributed by atoms with Crippen molar-refractivity contribution in [2.45, 2.75) is 13.0 Å². The van der Waals surface area contributed by atoms with Gasteiger partial charge >= 0.3 is 5.91 Å². The summed E-state index contributed by atoms with van der Waals surface area (Å²) in [6, 6.07) is 10.2. The summed E-state index contributed by atoms with van der Waals surface area (Å²) in [5.74, 6) is 0.756. The van der Waals surface area contributed by atoms with Gasteiger partial charge in [0.05, 0.1) is 26.2 Å². The SMILES string of the molecule is CN1CCN(CCOc2ccc(-c3ccc(CC(=O)[N+](C)(C)Cc4ncccn4)cn3)c(F)c2)CC1. The molecule has 0 aliphatic carbocycles. The molecule has 1 amide bonds. The second-order valence-electron chi connectivity index (χ2n) is 9.77. The molecule has 190 valence electrons. The summed E-state index contributed by atoms with van der Waals surface area (Å²) in [5.41, 5.74) is 1.68. The van der Waals surface area contributed by atoms with Gasteiger partial charge in [0, 0.05) is 62.9 Å². The maximum atomic E-state index is 14.8. The number of rotatable bonds is 9. The van der Waals surface area contributed by atoms with Gasteiger partial charge in [0.2, 0.25) is 0 Å². The summed E-state index contributed by atoms with van der Waals surface area (Å²) in [7, 11) is 5.80. The van der Waals surface area contributed by atoms with Crippen molar-refractivity contribution in [3.8, 4) is 17.0 Å². The molecule has 1 aromatic carbocycles. The van der Waals surface area contributed by atoms with Gasteiger partial charge in [-0.05, 0) is 36.9 Å². The summed E-state index contributed by atoms with van der Waals surface area (Å²) >= 11 is 0. The van der Waals surface area contributed by atoms with Crippen LogP contribution >= 0.6 is 0 Å². The largest absolute Gasteiger partial charge is 0.492 e. The first-order valence-corrected chi connectivity index (χ1v) is 12.2. The minimum absolute atomic E-state index is 0.0151. The third-order valence-corrected chi connectivity index (χ3v) is 6.50. The van der Waals surface area contributed by atoms with Crippen molar-refractivity contribution in [2.75, 3.05) is 60.5 Å². The fourth-order valence-corrected chi connectivity index (χ4v) is 4.09. The standard InChI is InChI=1S/C27H34FN6O2/c1-32-11-13-33(14-12-32)15-16-36-22-6-7-23(24(28)18-22)25-8-5-21(19-31-25)17-27(35)34(2,3)20-26-29-9-4-10-30-26/h4-10,18-19H,11-17,20H2,1-3H3/q+1. The number of piperazine rings is 1. The van der Waals surface area contributed by atoms with E-state index in [4.69, 9.17) is 4.74 Å². The topological polar surface area (TPSA) is 71.5 Å². The summed E-state index contributed by atoms with van der Waals surface area (Å²) < 4.78 is 20.7. The van der Waals surface area contributed by atoms with Gasteiger partial charge in [0.25, 0.3) is 0 Å². The summed E-state index contributed by atoms with van der Waals surface area (Å²) in [5, 5.41) is 0. The maximum Gasteiger partial charge on any atom is 0.318 e. The Morgan fingerprint density at radius 1 is 1.06 bits per heavy atom. The number of aromatic nitrogens is 3. The van der Waals surface area contributed by atoms with Crippen molar-refractivity contribution in [1.82, 2.24) is 24.8 Å². The number of amides is 1. The fourth-order valence-electron chi connectivity index (χ4n) is 4.09. The number of carbonyl (C=O) groups is 1. The number of quaternary nitrogens is 1. The van der Waals surface area contributed by atoms with Crippen LogP contribution in [0.3, 0.4) is 0 Å². The molecular weight excluding hydrogens is 459 g/mol. The van der Waals surface area contributed by atoms with Gasteiger partial charge in [-0.25, -0.2) is 19.2 Å². The molecule has 0 radical (unpaired) electrons. The highest BCUT2D eigenvalue weighted by Crippen LogP contribution is 2.25. The third-order valence-electron chi connectivity index (χ3n) is 6.50. The van der Waals surface area contributed by atoms with E-state index in [1.54, 1.807) is 42.9 Å². The van der Waals surface area contributed by atoms with Crippen molar-refractivity contribution >= 4 is 5.91 Å². The van der Waals surface area contributed by atoms with Crippen molar-refractivity contribution in [3.63, 3.8) is 0 Å².